The molecule has 3 aromatic rings. The third-order valence-electron chi connectivity index (χ3n) is 4.71. The van der Waals surface area contributed by atoms with E-state index in [1.807, 2.05) is 18.2 Å². The van der Waals surface area contributed by atoms with Gasteiger partial charge in [-0.1, -0.05) is 54.6 Å². The molecule has 6 nitrogen and oxygen atoms in total. The van der Waals surface area contributed by atoms with Gasteiger partial charge in [-0.15, -0.1) is 0 Å². The van der Waals surface area contributed by atoms with Gasteiger partial charge < -0.3 is 20.3 Å². The Morgan fingerprint density at radius 1 is 0.771 bits per heavy atom. The van der Waals surface area contributed by atoms with Crippen LogP contribution in [0.15, 0.2) is 91.0 Å². The molecule has 0 spiro atoms. The molecule has 0 atom stereocenters. The minimum Gasteiger partial charge on any atom is -0.478 e. The average molecular weight is 484 g/mol. The van der Waals surface area contributed by atoms with Gasteiger partial charge >= 0.3 is 11.9 Å². The lowest BCUT2D eigenvalue weighted by atomic mass is 10.0. The zero-order valence-electron chi connectivity index (χ0n) is 18.9. The van der Waals surface area contributed by atoms with E-state index in [1.165, 1.54) is 29.8 Å². The van der Waals surface area contributed by atoms with Crippen molar-refractivity contribution < 1.29 is 33.3 Å². The second-order valence-corrected chi connectivity index (χ2v) is 7.35. The zero-order chi connectivity index (χ0) is 25.5. The predicted octanol–water partition coefficient (Wildman–Crippen LogP) is 4.61. The van der Waals surface area contributed by atoms with Crippen LogP contribution in [0.25, 0.3) is 0 Å². The summed E-state index contributed by atoms with van der Waals surface area (Å²) < 4.78 is 32.5. The van der Waals surface area contributed by atoms with Gasteiger partial charge in [-0.3, -0.25) is 0 Å². The largest absolute Gasteiger partial charge is 0.478 e. The Labute approximate surface area is 202 Å². The number of benzene rings is 3. The van der Waals surface area contributed by atoms with E-state index in [2.05, 4.69) is 17.4 Å². The van der Waals surface area contributed by atoms with Crippen LogP contribution in [0, 0.1) is 11.6 Å². The second kappa shape index (κ2) is 15.1. The van der Waals surface area contributed by atoms with E-state index in [4.69, 9.17) is 14.9 Å². The van der Waals surface area contributed by atoms with Crippen molar-refractivity contribution >= 4 is 11.9 Å². The normalized spacial score (nSPS) is 10.7. The average Bonchev–Trinajstić information content (AvgIpc) is 2.85. The molecule has 0 aromatic heterocycles. The molecule has 0 amide bonds. The summed E-state index contributed by atoms with van der Waals surface area (Å²) in [5.41, 5.74) is 2.97. The summed E-state index contributed by atoms with van der Waals surface area (Å²) >= 11 is 0. The van der Waals surface area contributed by atoms with E-state index in [9.17, 15) is 18.4 Å². The third kappa shape index (κ3) is 11.2. The van der Waals surface area contributed by atoms with Crippen LogP contribution < -0.4 is 5.32 Å². The van der Waals surface area contributed by atoms with Gasteiger partial charge in [0.05, 0.1) is 6.61 Å². The molecule has 0 bridgehead atoms. The Morgan fingerprint density at radius 2 is 1.26 bits per heavy atom. The second-order valence-electron chi connectivity index (χ2n) is 7.35. The van der Waals surface area contributed by atoms with Gasteiger partial charge in [-0.25, -0.2) is 18.4 Å². The van der Waals surface area contributed by atoms with Crippen LogP contribution in [0.3, 0.4) is 0 Å². The Morgan fingerprint density at radius 3 is 1.71 bits per heavy atom. The maximum atomic E-state index is 13.2. The van der Waals surface area contributed by atoms with Gasteiger partial charge in [0.1, 0.15) is 17.7 Å². The molecule has 0 aliphatic heterocycles. The van der Waals surface area contributed by atoms with Crippen LogP contribution in [0.5, 0.6) is 0 Å². The fraction of sp³-hybridized carbons (Fsp3) is 0.185. The molecular formula is C27H27F2NO5. The van der Waals surface area contributed by atoms with Gasteiger partial charge in [0.25, 0.3) is 0 Å². The molecule has 0 saturated carbocycles. The first kappa shape index (κ1) is 27.4. The summed E-state index contributed by atoms with van der Waals surface area (Å²) in [5, 5.41) is 19.0. The monoisotopic (exact) mass is 483 g/mol. The van der Waals surface area contributed by atoms with Crippen molar-refractivity contribution in [3.8, 4) is 0 Å². The summed E-state index contributed by atoms with van der Waals surface area (Å²) in [5.74, 6) is -3.10. The van der Waals surface area contributed by atoms with Gasteiger partial charge in [0.2, 0.25) is 0 Å². The Balaban J connectivity index is 0.000000466. The number of carbonyl (C=O) groups is 2. The molecule has 0 unspecified atom stereocenters. The number of carboxylic acid groups (broad SMARTS) is 2. The number of hydrogen-bond donors (Lipinski definition) is 3. The zero-order valence-corrected chi connectivity index (χ0v) is 18.9. The van der Waals surface area contributed by atoms with E-state index < -0.39 is 11.9 Å². The number of hydrogen-bond acceptors (Lipinski definition) is 4. The van der Waals surface area contributed by atoms with Crippen LogP contribution in [0.4, 0.5) is 8.78 Å². The smallest absolute Gasteiger partial charge is 0.328 e. The van der Waals surface area contributed by atoms with Crippen LogP contribution in [-0.2, 0) is 20.7 Å². The van der Waals surface area contributed by atoms with Crippen molar-refractivity contribution in [3.05, 3.63) is 119 Å². The van der Waals surface area contributed by atoms with Crippen molar-refractivity contribution in [1.29, 1.82) is 0 Å². The molecular weight excluding hydrogens is 456 g/mol. The number of ether oxygens (including phenoxy) is 1. The van der Waals surface area contributed by atoms with E-state index in [1.54, 1.807) is 24.3 Å². The highest BCUT2D eigenvalue weighted by molar-refractivity contribution is 5.89. The maximum absolute atomic E-state index is 13.2. The van der Waals surface area contributed by atoms with Crippen LogP contribution >= 0.6 is 0 Å². The molecule has 8 heteroatoms. The third-order valence-corrected chi connectivity index (χ3v) is 4.71. The quantitative estimate of drug-likeness (QED) is 0.272. The van der Waals surface area contributed by atoms with Crippen LogP contribution in [-0.4, -0.2) is 41.8 Å². The van der Waals surface area contributed by atoms with E-state index in [0.29, 0.717) is 25.3 Å². The number of rotatable bonds is 11. The van der Waals surface area contributed by atoms with Gasteiger partial charge in [-0.05, 0) is 53.9 Å². The molecule has 184 valence electrons. The van der Waals surface area contributed by atoms with Gasteiger partial charge in [0, 0.05) is 18.7 Å². The molecule has 0 saturated heterocycles. The predicted molar refractivity (Wildman–Crippen MR) is 128 cm³/mol. The molecule has 0 radical (unpaired) electrons. The SMILES string of the molecule is Fc1ccc(C(OCCNCCc2ccccc2)c2ccc(F)cc2)cc1.O=C(O)C=CC(=O)O. The van der Waals surface area contributed by atoms with Crippen molar-refractivity contribution in [2.24, 2.45) is 0 Å². The fourth-order valence-corrected chi connectivity index (χ4v) is 3.05. The van der Waals surface area contributed by atoms with Crippen molar-refractivity contribution in [3.63, 3.8) is 0 Å². The molecule has 0 aliphatic rings. The molecule has 0 aliphatic carbocycles. The summed E-state index contributed by atoms with van der Waals surface area (Å²) in [7, 11) is 0. The van der Waals surface area contributed by atoms with Crippen molar-refractivity contribution in [2.45, 2.75) is 12.5 Å². The Kier molecular flexibility index (Phi) is 11.8. The minimum atomic E-state index is -1.26. The topological polar surface area (TPSA) is 95.9 Å². The summed E-state index contributed by atoms with van der Waals surface area (Å²) in [4.78, 5) is 19.1. The standard InChI is InChI=1S/C23H23F2NO.C4H4O4/c24-21-10-6-19(7-11-21)23(20-8-12-22(25)13-9-20)27-17-16-26-15-14-18-4-2-1-3-5-18;5-3(6)1-2-4(7)8/h1-13,23,26H,14-17H2;1-2H,(H,5,6)(H,7,8). The highest BCUT2D eigenvalue weighted by Gasteiger charge is 2.15. The molecule has 3 N–H and O–H groups in total. The first-order valence-corrected chi connectivity index (χ1v) is 10.9. The van der Waals surface area contributed by atoms with Crippen molar-refractivity contribution in [1.82, 2.24) is 5.32 Å². The lowest BCUT2D eigenvalue weighted by Gasteiger charge is -2.19. The molecule has 3 aromatic carbocycles. The Bertz CT molecular complexity index is 1010. The number of aliphatic carboxylic acids is 2. The van der Waals surface area contributed by atoms with E-state index >= 15 is 0 Å². The number of halogens is 2. The Hall–Kier alpha value is -3.88. The number of carboxylic acids is 2. The molecule has 35 heavy (non-hydrogen) atoms. The summed E-state index contributed by atoms with van der Waals surface area (Å²) in [6, 6.07) is 22.7. The highest BCUT2D eigenvalue weighted by atomic mass is 19.1. The first-order chi connectivity index (χ1) is 16.8. The van der Waals surface area contributed by atoms with Gasteiger partial charge in [-0.2, -0.15) is 0 Å². The summed E-state index contributed by atoms with van der Waals surface area (Å²) in [6.45, 7) is 2.06. The van der Waals surface area contributed by atoms with E-state index in [0.717, 1.165) is 24.1 Å². The minimum absolute atomic E-state index is 0.292. The van der Waals surface area contributed by atoms with Crippen LogP contribution in [0.2, 0.25) is 0 Å². The molecule has 0 fully saturated rings. The lowest BCUT2D eigenvalue weighted by Crippen LogP contribution is -2.23. The summed E-state index contributed by atoms with van der Waals surface area (Å²) in [6.07, 6.45) is 1.72. The van der Waals surface area contributed by atoms with Gasteiger partial charge in [0.15, 0.2) is 0 Å². The lowest BCUT2D eigenvalue weighted by molar-refractivity contribution is -0.134. The first-order valence-electron chi connectivity index (χ1n) is 10.9. The highest BCUT2D eigenvalue weighted by Crippen LogP contribution is 2.26. The number of nitrogens with one attached hydrogen (secondary N) is 1. The fourth-order valence-electron chi connectivity index (χ4n) is 3.05. The molecule has 0 heterocycles. The maximum Gasteiger partial charge on any atom is 0.328 e. The van der Waals surface area contributed by atoms with Crippen molar-refractivity contribution in [2.75, 3.05) is 19.7 Å². The van der Waals surface area contributed by atoms with E-state index in [-0.39, 0.29) is 17.7 Å². The van der Waals surface area contributed by atoms with Crippen LogP contribution in [0.1, 0.15) is 22.8 Å². The molecule has 3 rings (SSSR count).